The number of carbonyl (C=O) groups is 2. The third-order valence-corrected chi connectivity index (χ3v) is 6.24. The van der Waals surface area contributed by atoms with E-state index >= 15 is 0 Å². The van der Waals surface area contributed by atoms with E-state index < -0.39 is 24.0 Å². The second-order valence-electron chi connectivity index (χ2n) is 8.42. The van der Waals surface area contributed by atoms with Crippen molar-refractivity contribution in [3.63, 3.8) is 0 Å². The molecule has 5 rings (SSSR count). The highest BCUT2D eigenvalue weighted by atomic mass is 16.7. The number of anilines is 2. The highest BCUT2D eigenvalue weighted by Gasteiger charge is 2.60. The average Bonchev–Trinajstić information content (AvgIpc) is 3.36. The second kappa shape index (κ2) is 9.19. The number of nitrogens with zero attached hydrogens (tertiary/aromatic N) is 2. The van der Waals surface area contributed by atoms with Crippen LogP contribution in [0.5, 0.6) is 11.5 Å². The highest BCUT2D eigenvalue weighted by Crippen LogP contribution is 2.49. The Kier molecular flexibility index (Phi) is 5.94. The monoisotopic (exact) mass is 458 g/mol. The van der Waals surface area contributed by atoms with Crippen LogP contribution in [0.2, 0.25) is 0 Å². The first-order valence-electron chi connectivity index (χ1n) is 11.5. The molecule has 2 heterocycles. The van der Waals surface area contributed by atoms with Gasteiger partial charge in [0.15, 0.2) is 6.10 Å². The number of hydrogen-bond acceptors (Lipinski definition) is 6. The van der Waals surface area contributed by atoms with Gasteiger partial charge in [0.1, 0.15) is 17.4 Å². The van der Waals surface area contributed by atoms with Gasteiger partial charge in [-0.2, -0.15) is 0 Å². The lowest BCUT2D eigenvalue weighted by molar-refractivity contribution is -0.126. The van der Waals surface area contributed by atoms with Gasteiger partial charge in [-0.3, -0.25) is 14.4 Å². The smallest absolute Gasteiger partial charge is 0.266 e. The molecular weight excluding hydrogens is 432 g/mol. The van der Waals surface area contributed by atoms with Crippen LogP contribution in [0.4, 0.5) is 11.4 Å². The van der Waals surface area contributed by atoms with Crippen LogP contribution < -0.4 is 14.7 Å². The number of hydrogen-bond donors (Lipinski definition) is 1. The minimum Gasteiger partial charge on any atom is -0.508 e. The first-order valence-corrected chi connectivity index (χ1v) is 11.5. The number of imide groups is 1. The van der Waals surface area contributed by atoms with Gasteiger partial charge in [-0.1, -0.05) is 49.7 Å². The molecule has 7 heteroatoms. The van der Waals surface area contributed by atoms with E-state index in [-0.39, 0.29) is 11.7 Å². The largest absolute Gasteiger partial charge is 0.508 e. The minimum atomic E-state index is -0.988. The number of hydroxylamine groups is 1. The van der Waals surface area contributed by atoms with Gasteiger partial charge in [-0.05, 0) is 48.9 Å². The number of phenolic OH excluding ortho intramolecular Hbond substituents is 1. The fourth-order valence-electron chi connectivity index (χ4n) is 4.55. The van der Waals surface area contributed by atoms with Gasteiger partial charge in [-0.25, -0.2) is 9.96 Å². The Labute approximate surface area is 198 Å². The molecule has 3 aromatic carbocycles. The first-order chi connectivity index (χ1) is 16.6. The fourth-order valence-corrected chi connectivity index (χ4v) is 4.55. The SMILES string of the molecule is CCCCOc1ccc(N2C(=O)[C@H]3[C@H](ON(c4ccccc4)[C@@H]3c3ccccc3O)C2=O)cc1. The Balaban J connectivity index is 1.47. The highest BCUT2D eigenvalue weighted by molar-refractivity contribution is 6.24. The molecule has 0 aliphatic carbocycles. The summed E-state index contributed by atoms with van der Waals surface area (Å²) in [6, 6.07) is 22.4. The molecule has 0 unspecified atom stereocenters. The summed E-state index contributed by atoms with van der Waals surface area (Å²) >= 11 is 0. The van der Waals surface area contributed by atoms with E-state index in [9.17, 15) is 14.7 Å². The molecule has 174 valence electrons. The first kappa shape index (κ1) is 22.0. The average molecular weight is 459 g/mol. The maximum Gasteiger partial charge on any atom is 0.266 e. The lowest BCUT2D eigenvalue weighted by atomic mass is 9.90. The van der Waals surface area contributed by atoms with E-state index in [0.717, 1.165) is 12.8 Å². The molecule has 0 saturated carbocycles. The van der Waals surface area contributed by atoms with Crippen molar-refractivity contribution < 1.29 is 24.3 Å². The lowest BCUT2D eigenvalue weighted by Crippen LogP contribution is -2.37. The molecule has 2 saturated heterocycles. The van der Waals surface area contributed by atoms with Crippen LogP contribution in [-0.2, 0) is 14.4 Å². The summed E-state index contributed by atoms with van der Waals surface area (Å²) in [6.45, 7) is 2.71. The molecule has 2 amide bonds. The summed E-state index contributed by atoms with van der Waals surface area (Å²) in [5.74, 6) is -0.851. The molecule has 2 aliphatic rings. The standard InChI is InChI=1S/C27H26N2O5/c1-2-3-17-33-20-15-13-18(14-16-20)28-26(31)23-24(21-11-7-8-12-22(21)30)29(34-25(23)27(28)32)19-9-5-4-6-10-19/h4-16,23-25,30H,2-3,17H2,1H3/t23-,24-,25+/m1/s1. The van der Waals surface area contributed by atoms with E-state index in [2.05, 4.69) is 6.92 Å². The van der Waals surface area contributed by atoms with Crippen LogP contribution >= 0.6 is 0 Å². The Bertz CT molecular complexity index is 1180. The molecule has 7 nitrogen and oxygen atoms in total. The number of amides is 2. The minimum absolute atomic E-state index is 0.0463. The number of aromatic hydroxyl groups is 1. The van der Waals surface area contributed by atoms with Crippen LogP contribution in [0.1, 0.15) is 31.4 Å². The van der Waals surface area contributed by atoms with Crippen LogP contribution in [0, 0.1) is 5.92 Å². The van der Waals surface area contributed by atoms with Crippen molar-refractivity contribution in [1.29, 1.82) is 0 Å². The molecule has 3 aromatic rings. The molecule has 0 bridgehead atoms. The van der Waals surface area contributed by atoms with Gasteiger partial charge in [0.2, 0.25) is 5.91 Å². The number of unbranched alkanes of at least 4 members (excludes halogenated alkanes) is 1. The summed E-state index contributed by atoms with van der Waals surface area (Å²) in [6.07, 6.45) is 1.00. The van der Waals surface area contributed by atoms with Gasteiger partial charge in [0.05, 0.1) is 24.0 Å². The van der Waals surface area contributed by atoms with Crippen molar-refractivity contribution in [1.82, 2.24) is 0 Å². The Morgan fingerprint density at radius 1 is 0.882 bits per heavy atom. The predicted molar refractivity (Wildman–Crippen MR) is 127 cm³/mol. The maximum atomic E-state index is 13.7. The van der Waals surface area contributed by atoms with Crippen molar-refractivity contribution in [2.45, 2.75) is 31.9 Å². The molecule has 34 heavy (non-hydrogen) atoms. The van der Waals surface area contributed by atoms with Gasteiger partial charge in [0.25, 0.3) is 5.91 Å². The third kappa shape index (κ3) is 3.78. The zero-order valence-corrected chi connectivity index (χ0v) is 18.8. The fraction of sp³-hybridized carbons (Fsp3) is 0.259. The summed E-state index contributed by atoms with van der Waals surface area (Å²) in [5.41, 5.74) is 1.70. The van der Waals surface area contributed by atoms with Crippen LogP contribution in [0.3, 0.4) is 0 Å². The van der Waals surface area contributed by atoms with Crippen molar-refractivity contribution in [2.24, 2.45) is 5.92 Å². The number of benzene rings is 3. The topological polar surface area (TPSA) is 79.3 Å². The van der Waals surface area contributed by atoms with E-state index in [0.29, 0.717) is 29.3 Å². The van der Waals surface area contributed by atoms with Gasteiger partial charge in [-0.15, -0.1) is 0 Å². The quantitative estimate of drug-likeness (QED) is 0.411. The number of ether oxygens (including phenoxy) is 1. The number of fused-ring (bicyclic) bond motifs is 1. The van der Waals surface area contributed by atoms with Gasteiger partial charge >= 0.3 is 0 Å². The summed E-state index contributed by atoms with van der Waals surface area (Å²) in [7, 11) is 0. The van der Waals surface area contributed by atoms with Gasteiger partial charge in [0, 0.05) is 5.56 Å². The van der Waals surface area contributed by atoms with Gasteiger partial charge < -0.3 is 9.84 Å². The van der Waals surface area contributed by atoms with Crippen LogP contribution in [0.25, 0.3) is 0 Å². The third-order valence-electron chi connectivity index (χ3n) is 6.24. The molecule has 2 aliphatic heterocycles. The number of rotatable bonds is 7. The Morgan fingerprint density at radius 2 is 1.59 bits per heavy atom. The van der Waals surface area contributed by atoms with E-state index in [1.165, 1.54) is 4.90 Å². The molecule has 0 aromatic heterocycles. The Morgan fingerprint density at radius 3 is 2.29 bits per heavy atom. The summed E-state index contributed by atoms with van der Waals surface area (Å²) in [4.78, 5) is 34.3. The maximum absolute atomic E-state index is 13.7. The van der Waals surface area contributed by atoms with Crippen molar-refractivity contribution in [3.05, 3.63) is 84.4 Å². The molecule has 2 fully saturated rings. The van der Waals surface area contributed by atoms with Crippen molar-refractivity contribution in [3.8, 4) is 11.5 Å². The molecule has 0 radical (unpaired) electrons. The van der Waals surface area contributed by atoms with E-state index in [1.807, 2.05) is 30.3 Å². The Hall–Kier alpha value is -3.84. The van der Waals surface area contributed by atoms with E-state index in [4.69, 9.17) is 9.57 Å². The number of phenols is 1. The van der Waals surface area contributed by atoms with Crippen LogP contribution in [0.15, 0.2) is 78.9 Å². The molecular formula is C27H26N2O5. The zero-order valence-electron chi connectivity index (χ0n) is 18.8. The van der Waals surface area contributed by atoms with Crippen molar-refractivity contribution >= 4 is 23.2 Å². The van der Waals surface area contributed by atoms with Crippen molar-refractivity contribution in [2.75, 3.05) is 16.6 Å². The van der Waals surface area contributed by atoms with Crippen LogP contribution in [-0.4, -0.2) is 29.6 Å². The lowest BCUT2D eigenvalue weighted by Gasteiger charge is -2.29. The molecule has 3 atom stereocenters. The predicted octanol–water partition coefficient (Wildman–Crippen LogP) is 4.62. The number of carbonyl (C=O) groups excluding carboxylic acids is 2. The second-order valence-corrected chi connectivity index (χ2v) is 8.42. The molecule has 1 N–H and O–H groups in total. The summed E-state index contributed by atoms with van der Waals surface area (Å²) in [5, 5.41) is 12.2. The van der Waals surface area contributed by atoms with E-state index in [1.54, 1.807) is 53.6 Å². The summed E-state index contributed by atoms with van der Waals surface area (Å²) < 4.78 is 5.70. The zero-order chi connectivity index (χ0) is 23.7. The normalized spacial score (nSPS) is 21.7. The molecule has 0 spiro atoms. The number of para-hydroxylation sites is 2.